The second kappa shape index (κ2) is 6.48. The zero-order valence-electron chi connectivity index (χ0n) is 12.7. The lowest BCUT2D eigenvalue weighted by Crippen LogP contribution is -2.34. The van der Waals surface area contributed by atoms with Crippen molar-refractivity contribution in [2.75, 3.05) is 0 Å². The van der Waals surface area contributed by atoms with Gasteiger partial charge in [0.1, 0.15) is 0 Å². The smallest absolute Gasteiger partial charge is 0.258 e. The monoisotopic (exact) mass is 313 g/mol. The Labute approximate surface area is 133 Å². The summed E-state index contributed by atoms with van der Waals surface area (Å²) < 4.78 is 0. The van der Waals surface area contributed by atoms with Gasteiger partial charge in [0.2, 0.25) is 0 Å². The molecule has 1 heterocycles. The summed E-state index contributed by atoms with van der Waals surface area (Å²) >= 11 is 0. The number of nitrogens with one attached hydrogen (secondary N) is 1. The zero-order valence-corrected chi connectivity index (χ0v) is 12.7. The fourth-order valence-corrected chi connectivity index (χ4v) is 3.10. The van der Waals surface area contributed by atoms with Gasteiger partial charge in [0, 0.05) is 16.5 Å². The van der Waals surface area contributed by atoms with E-state index in [9.17, 15) is 9.59 Å². The van der Waals surface area contributed by atoms with E-state index >= 15 is 0 Å². The lowest BCUT2D eigenvalue weighted by atomic mass is 9.95. The van der Waals surface area contributed by atoms with Crippen LogP contribution in [0, 0.1) is 0 Å². The van der Waals surface area contributed by atoms with Gasteiger partial charge in [0.15, 0.2) is 0 Å². The van der Waals surface area contributed by atoms with Crippen molar-refractivity contribution in [2.45, 2.75) is 37.9 Å². The molecule has 1 aliphatic carbocycles. The topological polar surface area (TPSA) is 86.6 Å². The van der Waals surface area contributed by atoms with Crippen LogP contribution in [-0.4, -0.2) is 34.2 Å². The number of benzene rings is 2. The Hall–Kier alpha value is -2.24. The minimum absolute atomic E-state index is 0.237. The number of aliphatic hydroxyl groups is 2. The van der Waals surface area contributed by atoms with E-state index in [4.69, 9.17) is 10.2 Å². The molecule has 0 aromatic heterocycles. The van der Waals surface area contributed by atoms with E-state index in [2.05, 4.69) is 5.32 Å². The number of carbonyl (C=O) groups is 2. The average molecular weight is 313 g/mol. The molecule has 2 atom stereocenters. The number of imide groups is 1. The summed E-state index contributed by atoms with van der Waals surface area (Å²) in [6, 6.07) is 10.9. The second-order valence-corrected chi connectivity index (χ2v) is 5.97. The van der Waals surface area contributed by atoms with E-state index in [-0.39, 0.29) is 24.0 Å². The summed E-state index contributed by atoms with van der Waals surface area (Å²) in [5.74, 6) is -0.631. The van der Waals surface area contributed by atoms with Gasteiger partial charge in [-0.15, -0.1) is 0 Å². The van der Waals surface area contributed by atoms with Crippen molar-refractivity contribution in [3.8, 4) is 0 Å². The number of aliphatic hydroxyl groups excluding tert-OH is 2. The van der Waals surface area contributed by atoms with Gasteiger partial charge in [-0.25, -0.2) is 0 Å². The molecule has 3 N–H and O–H groups in total. The lowest BCUT2D eigenvalue weighted by Gasteiger charge is -2.20. The van der Waals surface area contributed by atoms with Crippen molar-refractivity contribution in [1.82, 2.24) is 5.32 Å². The molecule has 5 heteroatoms. The van der Waals surface area contributed by atoms with Gasteiger partial charge in [-0.3, -0.25) is 14.9 Å². The van der Waals surface area contributed by atoms with Crippen LogP contribution >= 0.6 is 0 Å². The van der Waals surface area contributed by atoms with Crippen LogP contribution in [0.1, 0.15) is 46.4 Å². The van der Waals surface area contributed by atoms with E-state index in [1.54, 1.807) is 12.1 Å². The van der Waals surface area contributed by atoms with Crippen LogP contribution in [0.3, 0.4) is 0 Å². The highest BCUT2D eigenvalue weighted by Crippen LogP contribution is 2.25. The summed E-state index contributed by atoms with van der Waals surface area (Å²) in [5, 5.41) is 21.8. The standard InChI is InChI=1S/C12H7NO2.C6H12O2/c14-11-8-5-1-3-7-4-2-6-9(10(7)8)12(15)13-11;7-5-2-1-3-6(8)4-5/h1-6H,(H,13,14,15);5-8H,1-4H2/t;5-,6+. The largest absolute Gasteiger partial charge is 0.393 e. The highest BCUT2D eigenvalue weighted by Gasteiger charge is 2.23. The van der Waals surface area contributed by atoms with Crippen molar-refractivity contribution >= 4 is 22.6 Å². The number of amides is 2. The van der Waals surface area contributed by atoms with E-state index < -0.39 is 0 Å². The molecule has 2 aromatic carbocycles. The normalized spacial score (nSPS) is 23.0. The van der Waals surface area contributed by atoms with E-state index in [1.807, 2.05) is 24.3 Å². The lowest BCUT2D eigenvalue weighted by molar-refractivity contribution is 0.0406. The SMILES string of the molecule is O=C1NC(=O)c2cccc3cccc1c23.O[C@@H]1CCC[C@H](O)C1. The average Bonchev–Trinajstić information content (AvgIpc) is 2.53. The van der Waals surface area contributed by atoms with Crippen LogP contribution in [-0.2, 0) is 0 Å². The highest BCUT2D eigenvalue weighted by atomic mass is 16.3. The van der Waals surface area contributed by atoms with Crippen LogP contribution in [0.15, 0.2) is 36.4 Å². The van der Waals surface area contributed by atoms with Crippen molar-refractivity contribution in [3.05, 3.63) is 47.5 Å². The molecule has 5 nitrogen and oxygen atoms in total. The summed E-state index contributed by atoms with van der Waals surface area (Å²) in [6.45, 7) is 0. The summed E-state index contributed by atoms with van der Waals surface area (Å²) in [7, 11) is 0. The second-order valence-electron chi connectivity index (χ2n) is 5.97. The quantitative estimate of drug-likeness (QED) is 0.649. The fraction of sp³-hybridized carbons (Fsp3) is 0.333. The van der Waals surface area contributed by atoms with Crippen molar-refractivity contribution in [1.29, 1.82) is 0 Å². The van der Waals surface area contributed by atoms with Gasteiger partial charge < -0.3 is 10.2 Å². The van der Waals surface area contributed by atoms with Crippen LogP contribution < -0.4 is 5.32 Å². The van der Waals surface area contributed by atoms with Gasteiger partial charge in [-0.2, -0.15) is 0 Å². The Kier molecular flexibility index (Phi) is 4.41. The molecule has 23 heavy (non-hydrogen) atoms. The molecule has 2 aromatic rings. The molecule has 1 saturated carbocycles. The van der Waals surface area contributed by atoms with Crippen LogP contribution in [0.25, 0.3) is 10.8 Å². The molecular weight excluding hydrogens is 294 g/mol. The van der Waals surface area contributed by atoms with Gasteiger partial charge >= 0.3 is 0 Å². The van der Waals surface area contributed by atoms with Gasteiger partial charge in [-0.1, -0.05) is 24.3 Å². The number of hydrogen-bond acceptors (Lipinski definition) is 4. The Morgan fingerprint density at radius 2 is 1.39 bits per heavy atom. The summed E-state index contributed by atoms with van der Waals surface area (Å²) in [4.78, 5) is 23.1. The Morgan fingerprint density at radius 1 is 0.870 bits per heavy atom. The maximum atomic E-state index is 11.6. The third kappa shape index (κ3) is 3.25. The number of rotatable bonds is 0. The molecule has 0 saturated heterocycles. The fourth-order valence-electron chi connectivity index (χ4n) is 3.10. The van der Waals surface area contributed by atoms with Crippen molar-refractivity contribution < 1.29 is 19.8 Å². The number of carbonyl (C=O) groups excluding carboxylic acids is 2. The molecule has 0 bridgehead atoms. The molecule has 4 rings (SSSR count). The Balaban J connectivity index is 0.000000166. The number of hydrogen-bond donors (Lipinski definition) is 3. The summed E-state index contributed by atoms with van der Waals surface area (Å²) in [6.07, 6.45) is 2.83. The first kappa shape index (κ1) is 15.6. The first-order chi connectivity index (χ1) is 11.1. The molecule has 1 aliphatic heterocycles. The molecule has 0 radical (unpaired) electrons. The van der Waals surface area contributed by atoms with Gasteiger partial charge in [-0.05, 0) is 43.2 Å². The van der Waals surface area contributed by atoms with Crippen LogP contribution in [0.2, 0.25) is 0 Å². The van der Waals surface area contributed by atoms with Crippen molar-refractivity contribution in [3.63, 3.8) is 0 Å². The Bertz CT molecular complexity index is 699. The van der Waals surface area contributed by atoms with E-state index in [0.29, 0.717) is 17.5 Å². The van der Waals surface area contributed by atoms with E-state index in [0.717, 1.165) is 30.0 Å². The third-order valence-electron chi connectivity index (χ3n) is 4.24. The molecular formula is C18H19NO4. The maximum absolute atomic E-state index is 11.6. The first-order valence-corrected chi connectivity index (χ1v) is 7.80. The molecule has 2 aliphatic rings. The zero-order chi connectivity index (χ0) is 16.4. The van der Waals surface area contributed by atoms with Gasteiger partial charge in [0.05, 0.1) is 12.2 Å². The maximum Gasteiger partial charge on any atom is 0.258 e. The van der Waals surface area contributed by atoms with Gasteiger partial charge in [0.25, 0.3) is 11.8 Å². The van der Waals surface area contributed by atoms with E-state index in [1.165, 1.54) is 0 Å². The minimum atomic E-state index is -0.315. The van der Waals surface area contributed by atoms with Crippen LogP contribution in [0.4, 0.5) is 0 Å². The first-order valence-electron chi connectivity index (χ1n) is 7.80. The highest BCUT2D eigenvalue weighted by molar-refractivity contribution is 6.25. The van der Waals surface area contributed by atoms with Crippen LogP contribution in [0.5, 0.6) is 0 Å². The minimum Gasteiger partial charge on any atom is -0.393 e. The predicted molar refractivity (Wildman–Crippen MR) is 86.2 cm³/mol. The third-order valence-corrected chi connectivity index (χ3v) is 4.24. The van der Waals surface area contributed by atoms with Crippen molar-refractivity contribution in [2.24, 2.45) is 0 Å². The molecule has 2 amide bonds. The molecule has 1 fully saturated rings. The molecule has 0 unspecified atom stereocenters. The summed E-state index contributed by atoms with van der Waals surface area (Å²) in [5.41, 5.74) is 1.14. The molecule has 120 valence electrons. The Morgan fingerprint density at radius 3 is 1.83 bits per heavy atom. The molecule has 0 spiro atoms. The predicted octanol–water partition coefficient (Wildman–Crippen LogP) is 2.01.